The van der Waals surface area contributed by atoms with E-state index in [2.05, 4.69) is 32.2 Å². The highest BCUT2D eigenvalue weighted by atomic mass is 16.2. The van der Waals surface area contributed by atoms with Crippen LogP contribution >= 0.6 is 0 Å². The van der Waals surface area contributed by atoms with Crippen LogP contribution in [0.5, 0.6) is 0 Å². The van der Waals surface area contributed by atoms with Crippen LogP contribution in [0.1, 0.15) is 32.8 Å². The average molecular weight is 261 g/mol. The molecular weight excluding hydrogens is 238 g/mol. The number of benzene rings is 1. The second-order valence-electron chi connectivity index (χ2n) is 5.98. The molecule has 104 valence electrons. The van der Waals surface area contributed by atoms with Gasteiger partial charge >= 0.3 is 0 Å². The number of nitrogens with zero attached hydrogens (tertiary/aromatic N) is 1. The van der Waals surface area contributed by atoms with Crippen LogP contribution in [0.3, 0.4) is 0 Å². The van der Waals surface area contributed by atoms with Crippen molar-refractivity contribution < 1.29 is 4.79 Å². The Kier molecular flexibility index (Phi) is 3.80. The lowest BCUT2D eigenvalue weighted by atomic mass is 9.85. The lowest BCUT2D eigenvalue weighted by molar-refractivity contribution is -0.117. The maximum atomic E-state index is 12.0. The van der Waals surface area contributed by atoms with Gasteiger partial charge in [-0.05, 0) is 23.5 Å². The molecule has 0 saturated heterocycles. The van der Waals surface area contributed by atoms with Crippen LogP contribution in [0.2, 0.25) is 0 Å². The third-order valence-corrected chi connectivity index (χ3v) is 3.48. The second-order valence-corrected chi connectivity index (χ2v) is 5.98. The molecule has 0 saturated carbocycles. The number of carbonyl (C=O) groups excluding carboxylic acids is 1. The van der Waals surface area contributed by atoms with Crippen molar-refractivity contribution in [3.63, 3.8) is 0 Å². The molecule has 3 N–H and O–H groups in total. The molecule has 4 heteroatoms. The number of hydrogen-bond donors (Lipinski definition) is 2. The van der Waals surface area contributed by atoms with Crippen molar-refractivity contribution in [1.29, 1.82) is 0 Å². The van der Waals surface area contributed by atoms with Gasteiger partial charge in [-0.2, -0.15) is 0 Å². The Labute approximate surface area is 115 Å². The minimum Gasteiger partial charge on any atom is -0.383 e. The van der Waals surface area contributed by atoms with E-state index in [1.807, 2.05) is 17.0 Å². The molecule has 2 rings (SSSR count). The van der Waals surface area contributed by atoms with Crippen LogP contribution in [-0.2, 0) is 10.2 Å². The number of carbonyl (C=O) groups is 1. The van der Waals surface area contributed by atoms with E-state index < -0.39 is 0 Å². The minimum atomic E-state index is -0.0176. The maximum Gasteiger partial charge on any atom is 0.240 e. The monoisotopic (exact) mass is 261 g/mol. The Balaban J connectivity index is 2.54. The van der Waals surface area contributed by atoms with Gasteiger partial charge in [-0.1, -0.05) is 32.9 Å². The highest BCUT2D eigenvalue weighted by Crippen LogP contribution is 2.38. The Morgan fingerprint density at radius 1 is 1.42 bits per heavy atom. The van der Waals surface area contributed by atoms with Crippen LogP contribution < -0.4 is 16.0 Å². The first-order chi connectivity index (χ1) is 8.95. The van der Waals surface area contributed by atoms with Gasteiger partial charge in [0, 0.05) is 13.1 Å². The summed E-state index contributed by atoms with van der Waals surface area (Å²) in [4.78, 5) is 13.8. The van der Waals surface area contributed by atoms with Crippen LogP contribution in [0.4, 0.5) is 11.4 Å². The smallest absolute Gasteiger partial charge is 0.240 e. The zero-order valence-corrected chi connectivity index (χ0v) is 12.0. The van der Waals surface area contributed by atoms with Crippen LogP contribution in [0, 0.1) is 0 Å². The summed E-state index contributed by atoms with van der Waals surface area (Å²) in [6.07, 6.45) is 0.935. The van der Waals surface area contributed by atoms with E-state index in [9.17, 15) is 4.79 Å². The quantitative estimate of drug-likeness (QED) is 0.814. The molecule has 0 radical (unpaired) electrons. The van der Waals surface area contributed by atoms with E-state index in [0.29, 0.717) is 0 Å². The Bertz CT molecular complexity index is 477. The summed E-state index contributed by atoms with van der Waals surface area (Å²) < 4.78 is 0. The molecule has 0 aromatic heterocycles. The van der Waals surface area contributed by atoms with Crippen molar-refractivity contribution >= 4 is 17.3 Å². The molecule has 0 atom stereocenters. The lowest BCUT2D eigenvalue weighted by Gasteiger charge is -2.28. The van der Waals surface area contributed by atoms with Crippen molar-refractivity contribution in [1.82, 2.24) is 0 Å². The second kappa shape index (κ2) is 5.21. The number of anilines is 2. The number of nitrogens with one attached hydrogen (secondary N) is 1. The topological polar surface area (TPSA) is 58.4 Å². The molecule has 1 aliphatic rings. The molecule has 4 nitrogen and oxygen atoms in total. The van der Waals surface area contributed by atoms with E-state index in [0.717, 1.165) is 30.9 Å². The fourth-order valence-corrected chi connectivity index (χ4v) is 2.52. The van der Waals surface area contributed by atoms with Crippen molar-refractivity contribution in [2.75, 3.05) is 29.9 Å². The highest BCUT2D eigenvalue weighted by Gasteiger charge is 2.25. The van der Waals surface area contributed by atoms with Gasteiger partial charge < -0.3 is 16.0 Å². The van der Waals surface area contributed by atoms with Gasteiger partial charge in [0.15, 0.2) is 0 Å². The van der Waals surface area contributed by atoms with Crippen LogP contribution in [0.15, 0.2) is 18.2 Å². The van der Waals surface area contributed by atoms with Gasteiger partial charge in [0.05, 0.1) is 17.9 Å². The fourth-order valence-electron chi connectivity index (χ4n) is 2.52. The molecule has 19 heavy (non-hydrogen) atoms. The van der Waals surface area contributed by atoms with Crippen molar-refractivity contribution in [3.05, 3.63) is 23.8 Å². The van der Waals surface area contributed by atoms with E-state index in [4.69, 9.17) is 5.73 Å². The van der Waals surface area contributed by atoms with Gasteiger partial charge in [0.1, 0.15) is 0 Å². The Morgan fingerprint density at radius 3 is 2.79 bits per heavy atom. The normalized spacial score (nSPS) is 15.5. The predicted molar refractivity (Wildman–Crippen MR) is 79.7 cm³/mol. The lowest BCUT2D eigenvalue weighted by Crippen LogP contribution is -2.36. The summed E-state index contributed by atoms with van der Waals surface area (Å²) in [7, 11) is 0. The number of para-hydroxylation sites is 1. The zero-order valence-electron chi connectivity index (χ0n) is 12.0. The number of hydrogen-bond acceptors (Lipinski definition) is 3. The molecule has 1 aliphatic heterocycles. The molecule has 0 fully saturated rings. The first-order valence-electron chi connectivity index (χ1n) is 6.83. The van der Waals surface area contributed by atoms with Gasteiger partial charge in [-0.15, -0.1) is 0 Å². The molecule has 0 bridgehead atoms. The van der Waals surface area contributed by atoms with E-state index in [-0.39, 0.29) is 17.9 Å². The molecule has 0 unspecified atom stereocenters. The summed E-state index contributed by atoms with van der Waals surface area (Å²) in [5.74, 6) is -0.0176. The summed E-state index contributed by atoms with van der Waals surface area (Å²) in [5.41, 5.74) is 8.84. The molecule has 0 spiro atoms. The molecular formula is C15H23N3O. The predicted octanol–water partition coefficient (Wildman–Crippen LogP) is 2.09. The molecule has 1 aromatic rings. The Morgan fingerprint density at radius 2 is 2.16 bits per heavy atom. The largest absolute Gasteiger partial charge is 0.383 e. The van der Waals surface area contributed by atoms with Crippen molar-refractivity contribution in [2.45, 2.75) is 32.6 Å². The first-order valence-corrected chi connectivity index (χ1v) is 6.83. The number of rotatable bonds is 1. The van der Waals surface area contributed by atoms with E-state index in [1.54, 1.807) is 0 Å². The summed E-state index contributed by atoms with van der Waals surface area (Å²) >= 11 is 0. The molecule has 0 aliphatic carbocycles. The standard InChI is InChI=1S/C15H23N3O/c1-15(2,3)11-6-4-7-12-14(11)17-8-5-9-18(12)13(19)10-16/h4,6-7,17H,5,8-10,16H2,1-3H3. The number of amides is 1. The van der Waals surface area contributed by atoms with Crippen LogP contribution in [-0.4, -0.2) is 25.5 Å². The van der Waals surface area contributed by atoms with Gasteiger partial charge in [0.25, 0.3) is 0 Å². The zero-order chi connectivity index (χ0) is 14.0. The first kappa shape index (κ1) is 13.9. The molecule has 1 heterocycles. The minimum absolute atomic E-state index is 0.0176. The third-order valence-electron chi connectivity index (χ3n) is 3.48. The van der Waals surface area contributed by atoms with Gasteiger partial charge in [-0.25, -0.2) is 0 Å². The number of nitrogens with two attached hydrogens (primary N) is 1. The highest BCUT2D eigenvalue weighted by molar-refractivity contribution is 5.98. The summed E-state index contributed by atoms with van der Waals surface area (Å²) in [5, 5.41) is 3.47. The van der Waals surface area contributed by atoms with Gasteiger partial charge in [-0.3, -0.25) is 4.79 Å². The van der Waals surface area contributed by atoms with Gasteiger partial charge in [0.2, 0.25) is 5.91 Å². The Hall–Kier alpha value is -1.55. The summed E-state index contributed by atoms with van der Waals surface area (Å²) in [6, 6.07) is 6.14. The van der Waals surface area contributed by atoms with Crippen molar-refractivity contribution in [3.8, 4) is 0 Å². The average Bonchev–Trinajstić information content (AvgIpc) is 2.58. The van der Waals surface area contributed by atoms with Crippen molar-refractivity contribution in [2.24, 2.45) is 5.73 Å². The molecule has 1 amide bonds. The fraction of sp³-hybridized carbons (Fsp3) is 0.533. The summed E-state index contributed by atoms with van der Waals surface area (Å²) in [6.45, 7) is 8.22. The number of fused-ring (bicyclic) bond motifs is 1. The third kappa shape index (κ3) is 2.73. The SMILES string of the molecule is CC(C)(C)c1cccc2c1NCCCN2C(=O)CN. The molecule has 1 aromatic carbocycles. The van der Waals surface area contributed by atoms with E-state index >= 15 is 0 Å². The maximum absolute atomic E-state index is 12.0. The van der Waals surface area contributed by atoms with E-state index in [1.165, 1.54) is 5.56 Å². The van der Waals surface area contributed by atoms with Crippen LogP contribution in [0.25, 0.3) is 0 Å².